The molecule has 0 unspecified atom stereocenters. The summed E-state index contributed by atoms with van der Waals surface area (Å²) in [6.07, 6.45) is 1.40. The Morgan fingerprint density at radius 2 is 1.94 bits per heavy atom. The maximum atomic E-state index is 5.75. The third-order valence-corrected chi connectivity index (χ3v) is 2.10. The van der Waals surface area contributed by atoms with Crippen LogP contribution in [0.15, 0.2) is 30.6 Å². The highest BCUT2D eigenvalue weighted by molar-refractivity contribution is 6.29. The van der Waals surface area contributed by atoms with Crippen LogP contribution in [0.25, 0.3) is 0 Å². The molecule has 0 aromatic carbocycles. The smallest absolute Gasteiger partial charge is 0.136 e. The van der Waals surface area contributed by atoms with E-state index in [2.05, 4.69) is 25.6 Å². The molecule has 0 aliphatic rings. The van der Waals surface area contributed by atoms with Crippen molar-refractivity contribution in [1.82, 2.24) is 15.0 Å². The molecule has 0 spiro atoms. The van der Waals surface area contributed by atoms with Gasteiger partial charge < -0.3 is 10.6 Å². The Labute approximate surface area is 97.9 Å². The zero-order chi connectivity index (χ0) is 11.4. The lowest BCUT2D eigenvalue weighted by Crippen LogP contribution is -1.99. The van der Waals surface area contributed by atoms with E-state index in [1.54, 1.807) is 6.07 Å². The van der Waals surface area contributed by atoms with Crippen LogP contribution in [0, 0.1) is 0 Å². The second-order valence-corrected chi connectivity index (χ2v) is 3.40. The molecular weight excluding hydrogens is 226 g/mol. The first kappa shape index (κ1) is 10.6. The van der Waals surface area contributed by atoms with Crippen LogP contribution in [0.2, 0.25) is 5.15 Å². The minimum absolute atomic E-state index is 0.391. The fourth-order valence-corrected chi connectivity index (χ4v) is 1.32. The van der Waals surface area contributed by atoms with Gasteiger partial charge in [-0.1, -0.05) is 17.7 Å². The summed E-state index contributed by atoms with van der Waals surface area (Å²) in [7, 11) is 1.81. The van der Waals surface area contributed by atoms with Crippen molar-refractivity contribution in [2.45, 2.75) is 0 Å². The standard InChI is InChI=1S/C10H10ClN5/c1-12-8-3-2-4-9(15-8)16-10-5-7(11)13-6-14-10/h2-6H,1H3,(H2,12,13,14,15,16). The van der Waals surface area contributed by atoms with E-state index >= 15 is 0 Å². The number of hydrogen-bond donors (Lipinski definition) is 2. The highest BCUT2D eigenvalue weighted by Crippen LogP contribution is 2.15. The fraction of sp³-hybridized carbons (Fsp3) is 0.100. The quantitative estimate of drug-likeness (QED) is 0.800. The summed E-state index contributed by atoms with van der Waals surface area (Å²) in [5.74, 6) is 2.09. The molecule has 6 heteroatoms. The molecule has 2 aromatic rings. The zero-order valence-corrected chi connectivity index (χ0v) is 9.36. The van der Waals surface area contributed by atoms with Gasteiger partial charge in [0, 0.05) is 13.1 Å². The van der Waals surface area contributed by atoms with E-state index in [0.717, 1.165) is 5.82 Å². The molecule has 0 aliphatic carbocycles. The van der Waals surface area contributed by atoms with Crippen LogP contribution in [-0.4, -0.2) is 22.0 Å². The summed E-state index contributed by atoms with van der Waals surface area (Å²) in [6, 6.07) is 7.24. The molecule has 0 atom stereocenters. The minimum atomic E-state index is 0.391. The van der Waals surface area contributed by atoms with Gasteiger partial charge >= 0.3 is 0 Å². The summed E-state index contributed by atoms with van der Waals surface area (Å²) in [5.41, 5.74) is 0. The highest BCUT2D eigenvalue weighted by Gasteiger charge is 1.99. The van der Waals surface area contributed by atoms with Crippen LogP contribution in [-0.2, 0) is 0 Å². The predicted octanol–water partition coefficient (Wildman–Crippen LogP) is 2.31. The molecule has 0 bridgehead atoms. The van der Waals surface area contributed by atoms with Gasteiger partial charge in [0.25, 0.3) is 0 Å². The highest BCUT2D eigenvalue weighted by atomic mass is 35.5. The number of pyridine rings is 1. The van der Waals surface area contributed by atoms with Crippen LogP contribution in [0.1, 0.15) is 0 Å². The van der Waals surface area contributed by atoms with Gasteiger partial charge in [-0.25, -0.2) is 15.0 Å². The van der Waals surface area contributed by atoms with Crippen molar-refractivity contribution < 1.29 is 0 Å². The minimum Gasteiger partial charge on any atom is -0.373 e. The van der Waals surface area contributed by atoms with Crippen LogP contribution >= 0.6 is 11.6 Å². The van der Waals surface area contributed by atoms with Crippen LogP contribution in [0.5, 0.6) is 0 Å². The molecule has 0 saturated heterocycles. The third kappa shape index (κ3) is 2.58. The Morgan fingerprint density at radius 1 is 1.12 bits per heavy atom. The van der Waals surface area contributed by atoms with Gasteiger partial charge in [-0.15, -0.1) is 0 Å². The number of rotatable bonds is 3. The molecular formula is C10H10ClN5. The number of nitrogens with one attached hydrogen (secondary N) is 2. The number of nitrogens with zero attached hydrogens (tertiary/aromatic N) is 3. The molecule has 5 nitrogen and oxygen atoms in total. The van der Waals surface area contributed by atoms with E-state index < -0.39 is 0 Å². The second kappa shape index (κ2) is 4.76. The van der Waals surface area contributed by atoms with E-state index in [4.69, 9.17) is 11.6 Å². The molecule has 16 heavy (non-hydrogen) atoms. The lowest BCUT2D eigenvalue weighted by atomic mass is 10.4. The van der Waals surface area contributed by atoms with Gasteiger partial charge in [-0.05, 0) is 12.1 Å². The second-order valence-electron chi connectivity index (χ2n) is 3.01. The van der Waals surface area contributed by atoms with E-state index in [-0.39, 0.29) is 0 Å². The first-order valence-electron chi connectivity index (χ1n) is 4.67. The number of anilines is 3. The van der Waals surface area contributed by atoms with Crippen molar-refractivity contribution in [3.63, 3.8) is 0 Å². The largest absolute Gasteiger partial charge is 0.373 e. The lowest BCUT2D eigenvalue weighted by Gasteiger charge is -2.06. The van der Waals surface area contributed by atoms with Gasteiger partial charge in [0.1, 0.15) is 28.9 Å². The Bertz CT molecular complexity index is 488. The maximum absolute atomic E-state index is 5.75. The number of halogens is 1. The van der Waals surface area contributed by atoms with Gasteiger partial charge in [0.15, 0.2) is 0 Å². The summed E-state index contributed by atoms with van der Waals surface area (Å²) in [6.45, 7) is 0. The van der Waals surface area contributed by atoms with Crippen LogP contribution < -0.4 is 10.6 Å². The first-order chi connectivity index (χ1) is 7.78. The normalized spacial score (nSPS) is 9.88. The molecule has 0 radical (unpaired) electrons. The van der Waals surface area contributed by atoms with Gasteiger partial charge in [-0.2, -0.15) is 0 Å². The molecule has 2 aromatic heterocycles. The van der Waals surface area contributed by atoms with Crippen molar-refractivity contribution in [2.24, 2.45) is 0 Å². The number of hydrogen-bond acceptors (Lipinski definition) is 5. The van der Waals surface area contributed by atoms with E-state index in [1.807, 2.05) is 25.2 Å². The van der Waals surface area contributed by atoms with E-state index in [9.17, 15) is 0 Å². The van der Waals surface area contributed by atoms with Crippen molar-refractivity contribution >= 4 is 29.1 Å². The van der Waals surface area contributed by atoms with Crippen molar-refractivity contribution in [3.8, 4) is 0 Å². The Balaban J connectivity index is 2.20. The van der Waals surface area contributed by atoms with Crippen molar-refractivity contribution in [1.29, 1.82) is 0 Å². The van der Waals surface area contributed by atoms with Crippen LogP contribution in [0.3, 0.4) is 0 Å². The molecule has 0 saturated carbocycles. The summed E-state index contributed by atoms with van der Waals surface area (Å²) in [5, 5.41) is 6.38. The first-order valence-corrected chi connectivity index (χ1v) is 5.05. The average molecular weight is 236 g/mol. The average Bonchev–Trinajstić information content (AvgIpc) is 2.29. The molecule has 2 heterocycles. The van der Waals surface area contributed by atoms with Gasteiger partial charge in [0.05, 0.1) is 0 Å². The van der Waals surface area contributed by atoms with Crippen LogP contribution in [0.4, 0.5) is 17.5 Å². The fourth-order valence-electron chi connectivity index (χ4n) is 1.18. The number of aromatic nitrogens is 3. The van der Waals surface area contributed by atoms with E-state index in [0.29, 0.717) is 16.8 Å². The maximum Gasteiger partial charge on any atom is 0.136 e. The third-order valence-electron chi connectivity index (χ3n) is 1.90. The topological polar surface area (TPSA) is 62.7 Å². The summed E-state index contributed by atoms with van der Waals surface area (Å²) in [4.78, 5) is 12.1. The molecule has 0 amide bonds. The summed E-state index contributed by atoms with van der Waals surface area (Å²) >= 11 is 5.75. The Kier molecular flexibility index (Phi) is 3.16. The monoisotopic (exact) mass is 235 g/mol. The summed E-state index contributed by atoms with van der Waals surface area (Å²) < 4.78 is 0. The molecule has 0 fully saturated rings. The predicted molar refractivity (Wildman–Crippen MR) is 64.1 cm³/mol. The Hall–Kier alpha value is -1.88. The SMILES string of the molecule is CNc1cccc(Nc2cc(Cl)ncn2)n1. The lowest BCUT2D eigenvalue weighted by molar-refractivity contribution is 1.16. The molecule has 2 N–H and O–H groups in total. The molecule has 2 rings (SSSR count). The van der Waals surface area contributed by atoms with Gasteiger partial charge in [0.2, 0.25) is 0 Å². The van der Waals surface area contributed by atoms with Crippen molar-refractivity contribution in [2.75, 3.05) is 17.7 Å². The Morgan fingerprint density at radius 3 is 2.69 bits per heavy atom. The zero-order valence-electron chi connectivity index (χ0n) is 8.61. The molecule has 0 aliphatic heterocycles. The van der Waals surface area contributed by atoms with Crippen molar-refractivity contribution in [3.05, 3.63) is 35.7 Å². The van der Waals surface area contributed by atoms with Gasteiger partial charge in [-0.3, -0.25) is 0 Å². The van der Waals surface area contributed by atoms with E-state index in [1.165, 1.54) is 6.33 Å². The molecule has 82 valence electrons.